The fraction of sp³-hybridized carbons (Fsp3) is 0.385. The Morgan fingerprint density at radius 1 is 1.56 bits per heavy atom. The van der Waals surface area contributed by atoms with Crippen molar-refractivity contribution in [1.82, 2.24) is 9.80 Å². The van der Waals surface area contributed by atoms with Crippen molar-refractivity contribution in [2.24, 2.45) is 0 Å². The topological polar surface area (TPSA) is 47.4 Å². The Hall–Kier alpha value is -1.91. The van der Waals surface area contributed by atoms with Crippen LogP contribution >= 0.6 is 0 Å². The van der Waals surface area contributed by atoms with Crippen molar-refractivity contribution in [2.75, 3.05) is 20.1 Å². The zero-order chi connectivity index (χ0) is 13.3. The molecule has 0 aromatic heterocycles. The van der Waals surface area contributed by atoms with Crippen molar-refractivity contribution in [3.05, 3.63) is 35.1 Å². The van der Waals surface area contributed by atoms with Crippen LogP contribution < -0.4 is 0 Å². The fourth-order valence-electron chi connectivity index (χ4n) is 1.96. The predicted octanol–water partition coefficient (Wildman–Crippen LogP) is 1.44. The molecule has 18 heavy (non-hydrogen) atoms. The van der Waals surface area contributed by atoms with E-state index in [1.54, 1.807) is 22.9 Å². The predicted molar refractivity (Wildman–Crippen MR) is 66.9 cm³/mol. The molecule has 1 amide bonds. The molecule has 0 radical (unpaired) electrons. The first-order valence-electron chi connectivity index (χ1n) is 5.89. The van der Waals surface area contributed by atoms with Gasteiger partial charge in [0.15, 0.2) is 0 Å². The zero-order valence-electron chi connectivity index (χ0n) is 10.5. The van der Waals surface area contributed by atoms with Gasteiger partial charge in [-0.3, -0.25) is 10.2 Å². The second-order valence-electron chi connectivity index (χ2n) is 4.41. The summed E-state index contributed by atoms with van der Waals surface area (Å²) in [5.41, 5.74) is 1.48. The fourth-order valence-corrected chi connectivity index (χ4v) is 1.96. The van der Waals surface area contributed by atoms with E-state index in [-0.39, 0.29) is 24.1 Å². The van der Waals surface area contributed by atoms with Gasteiger partial charge in [0.25, 0.3) is 0 Å². The van der Waals surface area contributed by atoms with Gasteiger partial charge < -0.3 is 9.80 Å². The number of hydrogen-bond acceptors (Lipinski definition) is 2. The molecule has 0 unspecified atom stereocenters. The van der Waals surface area contributed by atoms with E-state index in [4.69, 9.17) is 5.41 Å². The third-order valence-electron chi connectivity index (χ3n) is 3.23. The molecule has 0 atom stereocenters. The van der Waals surface area contributed by atoms with E-state index < -0.39 is 0 Å². The Bertz CT molecular complexity index is 501. The van der Waals surface area contributed by atoms with Gasteiger partial charge in [-0.05, 0) is 24.6 Å². The number of hydrogen-bond donors (Lipinski definition) is 1. The summed E-state index contributed by atoms with van der Waals surface area (Å²) in [6, 6.07) is 4.41. The Kier molecular flexibility index (Phi) is 3.32. The van der Waals surface area contributed by atoms with E-state index in [1.165, 1.54) is 12.1 Å². The minimum Gasteiger partial charge on any atom is -0.345 e. The highest BCUT2D eigenvalue weighted by Crippen LogP contribution is 2.23. The monoisotopic (exact) mass is 249 g/mol. The minimum absolute atomic E-state index is 0.0319. The van der Waals surface area contributed by atoms with Crippen molar-refractivity contribution in [3.63, 3.8) is 0 Å². The molecule has 0 spiro atoms. The number of nitrogens with one attached hydrogen (secondary N) is 1. The maximum absolute atomic E-state index is 13.1. The van der Waals surface area contributed by atoms with Crippen LogP contribution in [0.25, 0.3) is 0 Å². The van der Waals surface area contributed by atoms with Gasteiger partial charge in [0.2, 0.25) is 5.91 Å². The SMILES string of the molecule is CCN(C)C(=O)CN1Cc2ccc(F)cc2C1=N. The smallest absolute Gasteiger partial charge is 0.241 e. The quantitative estimate of drug-likeness (QED) is 0.881. The van der Waals surface area contributed by atoms with Gasteiger partial charge in [-0.25, -0.2) is 4.39 Å². The molecule has 0 bridgehead atoms. The summed E-state index contributed by atoms with van der Waals surface area (Å²) < 4.78 is 13.1. The summed E-state index contributed by atoms with van der Waals surface area (Å²) in [7, 11) is 1.73. The first-order chi connectivity index (χ1) is 8.52. The van der Waals surface area contributed by atoms with Crippen LogP contribution in [0.3, 0.4) is 0 Å². The molecule has 1 aliphatic heterocycles. The molecule has 0 saturated heterocycles. The standard InChI is InChI=1S/C13H16FN3O/c1-3-16(2)12(18)8-17-7-9-4-5-10(14)6-11(9)13(17)15/h4-6,15H,3,7-8H2,1-2H3. The first kappa shape index (κ1) is 12.5. The number of nitrogens with zero attached hydrogens (tertiary/aromatic N) is 2. The Balaban J connectivity index is 2.12. The maximum atomic E-state index is 13.1. The number of rotatable bonds is 3. The summed E-state index contributed by atoms with van der Waals surface area (Å²) in [5.74, 6) is -0.157. The van der Waals surface area contributed by atoms with Crippen LogP contribution in [0.5, 0.6) is 0 Å². The van der Waals surface area contributed by atoms with Gasteiger partial charge >= 0.3 is 0 Å². The number of amides is 1. The van der Waals surface area contributed by atoms with Crippen LogP contribution in [-0.4, -0.2) is 41.7 Å². The van der Waals surface area contributed by atoms with Crippen LogP contribution in [0.4, 0.5) is 4.39 Å². The molecule has 5 heteroatoms. The highest BCUT2D eigenvalue weighted by molar-refractivity contribution is 6.01. The van der Waals surface area contributed by atoms with Crippen LogP contribution in [0, 0.1) is 11.2 Å². The largest absolute Gasteiger partial charge is 0.345 e. The van der Waals surface area contributed by atoms with E-state index >= 15 is 0 Å². The Labute approximate surface area is 106 Å². The lowest BCUT2D eigenvalue weighted by molar-refractivity contribution is -0.130. The van der Waals surface area contributed by atoms with Gasteiger partial charge in [-0.15, -0.1) is 0 Å². The van der Waals surface area contributed by atoms with Gasteiger partial charge in [-0.2, -0.15) is 0 Å². The van der Waals surface area contributed by atoms with Gasteiger partial charge in [0.1, 0.15) is 11.7 Å². The highest BCUT2D eigenvalue weighted by Gasteiger charge is 2.26. The van der Waals surface area contributed by atoms with Gasteiger partial charge in [0.05, 0.1) is 6.54 Å². The molecular formula is C13H16FN3O. The molecule has 1 heterocycles. The van der Waals surface area contributed by atoms with Crippen LogP contribution in [0.2, 0.25) is 0 Å². The molecule has 1 aromatic rings. The molecule has 4 nitrogen and oxygen atoms in total. The summed E-state index contributed by atoms with van der Waals surface area (Å²) in [4.78, 5) is 15.1. The van der Waals surface area contributed by atoms with Crippen molar-refractivity contribution >= 4 is 11.7 Å². The van der Waals surface area contributed by atoms with E-state index in [1.807, 2.05) is 6.92 Å². The minimum atomic E-state index is -0.350. The molecular weight excluding hydrogens is 233 g/mol. The number of carbonyl (C=O) groups excluding carboxylic acids is 1. The number of likely N-dealkylation sites (N-methyl/N-ethyl adjacent to an activating group) is 1. The van der Waals surface area contributed by atoms with Crippen molar-refractivity contribution < 1.29 is 9.18 Å². The van der Waals surface area contributed by atoms with Crippen molar-refractivity contribution in [1.29, 1.82) is 5.41 Å². The van der Waals surface area contributed by atoms with E-state index in [9.17, 15) is 9.18 Å². The molecule has 2 rings (SSSR count). The number of amidine groups is 1. The van der Waals surface area contributed by atoms with Gasteiger partial charge in [-0.1, -0.05) is 6.07 Å². The molecule has 0 fully saturated rings. The van der Waals surface area contributed by atoms with Crippen LogP contribution in [0.1, 0.15) is 18.1 Å². The second kappa shape index (κ2) is 4.76. The van der Waals surface area contributed by atoms with Crippen LogP contribution in [0.15, 0.2) is 18.2 Å². The third-order valence-corrected chi connectivity index (χ3v) is 3.23. The summed E-state index contributed by atoms with van der Waals surface area (Å²) in [6.07, 6.45) is 0. The van der Waals surface area contributed by atoms with E-state index in [0.29, 0.717) is 18.7 Å². The normalized spacial score (nSPS) is 13.7. The lowest BCUT2D eigenvalue weighted by atomic mass is 10.1. The number of fused-ring (bicyclic) bond motifs is 1. The van der Waals surface area contributed by atoms with E-state index in [2.05, 4.69) is 0 Å². The average Bonchev–Trinajstić information content (AvgIpc) is 2.65. The van der Waals surface area contributed by atoms with Crippen molar-refractivity contribution in [3.8, 4) is 0 Å². The Morgan fingerprint density at radius 3 is 2.94 bits per heavy atom. The van der Waals surface area contributed by atoms with Crippen LogP contribution in [-0.2, 0) is 11.3 Å². The maximum Gasteiger partial charge on any atom is 0.241 e. The molecule has 1 aromatic carbocycles. The number of carbonyl (C=O) groups is 1. The first-order valence-corrected chi connectivity index (χ1v) is 5.89. The summed E-state index contributed by atoms with van der Waals surface area (Å²) in [6.45, 7) is 3.20. The molecule has 0 aliphatic carbocycles. The lowest BCUT2D eigenvalue weighted by Gasteiger charge is -2.21. The van der Waals surface area contributed by atoms with Crippen molar-refractivity contribution in [2.45, 2.75) is 13.5 Å². The molecule has 1 N–H and O–H groups in total. The molecule has 96 valence electrons. The van der Waals surface area contributed by atoms with Gasteiger partial charge in [0, 0.05) is 25.7 Å². The number of benzene rings is 1. The van der Waals surface area contributed by atoms with E-state index in [0.717, 1.165) is 5.56 Å². The average molecular weight is 249 g/mol. The Morgan fingerprint density at radius 2 is 2.28 bits per heavy atom. The number of halogens is 1. The highest BCUT2D eigenvalue weighted by atomic mass is 19.1. The third kappa shape index (κ3) is 2.20. The molecule has 0 saturated carbocycles. The lowest BCUT2D eigenvalue weighted by Crippen LogP contribution is -2.38. The zero-order valence-corrected chi connectivity index (χ0v) is 10.5. The summed E-state index contributed by atoms with van der Waals surface area (Å²) in [5, 5.41) is 7.96. The molecule has 1 aliphatic rings. The second-order valence-corrected chi connectivity index (χ2v) is 4.41. The summed E-state index contributed by atoms with van der Waals surface area (Å²) >= 11 is 0.